The lowest BCUT2D eigenvalue weighted by Gasteiger charge is -2.26. The van der Waals surface area contributed by atoms with Gasteiger partial charge < -0.3 is 10.2 Å². The molecule has 16 heavy (non-hydrogen) atoms. The summed E-state index contributed by atoms with van der Waals surface area (Å²) in [5.41, 5.74) is 0.481. The van der Waals surface area contributed by atoms with Crippen LogP contribution in [-0.2, 0) is 6.42 Å². The van der Waals surface area contributed by atoms with Crippen molar-refractivity contribution in [3.05, 3.63) is 29.8 Å². The molecule has 0 spiro atoms. The number of hydrogen-bond acceptors (Lipinski definition) is 2. The number of phenolic OH excluding ortho intramolecular Hbond substituents is 1. The third-order valence-corrected chi connectivity index (χ3v) is 3.48. The molecule has 1 fully saturated rings. The molecule has 2 N–H and O–H groups in total. The van der Waals surface area contributed by atoms with Crippen LogP contribution >= 0.6 is 0 Å². The monoisotopic (exact) mass is 220 g/mol. The summed E-state index contributed by atoms with van der Waals surface area (Å²) in [7, 11) is 0. The van der Waals surface area contributed by atoms with Crippen LogP contribution in [0.15, 0.2) is 24.3 Å². The summed E-state index contributed by atoms with van der Waals surface area (Å²) in [6, 6.07) is 7.23. The molecule has 0 aromatic heterocycles. The Morgan fingerprint density at radius 2 is 1.75 bits per heavy atom. The zero-order valence-electron chi connectivity index (χ0n) is 9.65. The van der Waals surface area contributed by atoms with Gasteiger partial charge in [-0.05, 0) is 30.5 Å². The largest absolute Gasteiger partial charge is 0.508 e. The maximum Gasteiger partial charge on any atom is 0.115 e. The standard InChI is InChI=1S/C14H20O2/c15-13-7-5-6-12(10-13)11-14(16)8-3-1-2-4-9-14/h5-7,10,15-16H,1-4,8-9,11H2. The Kier molecular flexibility index (Phi) is 3.49. The molecule has 2 rings (SSSR count). The van der Waals surface area contributed by atoms with E-state index in [0.29, 0.717) is 6.42 Å². The molecule has 1 aromatic carbocycles. The molecule has 1 saturated carbocycles. The van der Waals surface area contributed by atoms with Gasteiger partial charge in [-0.15, -0.1) is 0 Å². The Hall–Kier alpha value is -1.02. The zero-order chi connectivity index (χ0) is 11.4. The molecule has 2 nitrogen and oxygen atoms in total. The SMILES string of the molecule is Oc1cccc(CC2(O)CCCCCC2)c1. The van der Waals surface area contributed by atoms with Gasteiger partial charge in [0, 0.05) is 6.42 Å². The second-order valence-electron chi connectivity index (χ2n) is 4.99. The van der Waals surface area contributed by atoms with Crippen LogP contribution in [0.4, 0.5) is 0 Å². The van der Waals surface area contributed by atoms with Crippen molar-refractivity contribution < 1.29 is 10.2 Å². The number of hydrogen-bond donors (Lipinski definition) is 2. The summed E-state index contributed by atoms with van der Waals surface area (Å²) in [5, 5.41) is 19.9. The predicted octanol–water partition coefficient (Wildman–Crippen LogP) is 3.02. The summed E-state index contributed by atoms with van der Waals surface area (Å²) in [4.78, 5) is 0. The number of rotatable bonds is 2. The lowest BCUT2D eigenvalue weighted by Crippen LogP contribution is -2.30. The Balaban J connectivity index is 2.06. The van der Waals surface area contributed by atoms with Gasteiger partial charge >= 0.3 is 0 Å². The molecule has 88 valence electrons. The Morgan fingerprint density at radius 1 is 1.06 bits per heavy atom. The number of phenols is 1. The normalized spacial score (nSPS) is 20.3. The van der Waals surface area contributed by atoms with Crippen molar-refractivity contribution in [2.75, 3.05) is 0 Å². The topological polar surface area (TPSA) is 40.5 Å². The van der Waals surface area contributed by atoms with Gasteiger partial charge in [0.25, 0.3) is 0 Å². The number of aromatic hydroxyl groups is 1. The van der Waals surface area contributed by atoms with E-state index in [0.717, 1.165) is 31.2 Å². The lowest BCUT2D eigenvalue weighted by molar-refractivity contribution is 0.0252. The molecular formula is C14H20O2. The van der Waals surface area contributed by atoms with Gasteiger partial charge in [0.05, 0.1) is 5.60 Å². The molecule has 1 aliphatic rings. The molecule has 0 unspecified atom stereocenters. The van der Waals surface area contributed by atoms with Gasteiger partial charge in [-0.3, -0.25) is 0 Å². The fourth-order valence-electron chi connectivity index (χ4n) is 2.61. The van der Waals surface area contributed by atoms with Crippen LogP contribution in [0.1, 0.15) is 44.1 Å². The minimum atomic E-state index is -0.551. The molecule has 0 amide bonds. The highest BCUT2D eigenvalue weighted by molar-refractivity contribution is 5.28. The third kappa shape index (κ3) is 2.99. The quantitative estimate of drug-likeness (QED) is 0.752. The highest BCUT2D eigenvalue weighted by Crippen LogP contribution is 2.30. The minimum Gasteiger partial charge on any atom is -0.508 e. The first-order chi connectivity index (χ1) is 7.68. The van der Waals surface area contributed by atoms with Crippen LogP contribution in [0.5, 0.6) is 5.75 Å². The molecule has 0 atom stereocenters. The van der Waals surface area contributed by atoms with Gasteiger partial charge in [0.1, 0.15) is 5.75 Å². The molecule has 0 heterocycles. The van der Waals surface area contributed by atoms with Crippen LogP contribution < -0.4 is 0 Å². The van der Waals surface area contributed by atoms with E-state index in [2.05, 4.69) is 0 Å². The number of benzene rings is 1. The van der Waals surface area contributed by atoms with E-state index in [1.807, 2.05) is 12.1 Å². The Labute approximate surface area is 96.9 Å². The average Bonchev–Trinajstić information content (AvgIpc) is 2.43. The second kappa shape index (κ2) is 4.88. The lowest BCUT2D eigenvalue weighted by atomic mass is 9.87. The fraction of sp³-hybridized carbons (Fsp3) is 0.571. The summed E-state index contributed by atoms with van der Waals surface area (Å²) in [6.07, 6.45) is 7.17. The maximum atomic E-state index is 10.5. The van der Waals surface area contributed by atoms with E-state index < -0.39 is 5.60 Å². The van der Waals surface area contributed by atoms with Gasteiger partial charge in [0.15, 0.2) is 0 Å². The molecule has 0 bridgehead atoms. The summed E-state index contributed by atoms with van der Waals surface area (Å²) in [5.74, 6) is 0.287. The van der Waals surface area contributed by atoms with E-state index in [9.17, 15) is 10.2 Å². The van der Waals surface area contributed by atoms with Crippen molar-refractivity contribution in [1.82, 2.24) is 0 Å². The van der Waals surface area contributed by atoms with Crippen molar-refractivity contribution in [1.29, 1.82) is 0 Å². The average molecular weight is 220 g/mol. The first-order valence-electron chi connectivity index (χ1n) is 6.18. The molecule has 1 aliphatic carbocycles. The van der Waals surface area contributed by atoms with Gasteiger partial charge in [-0.25, -0.2) is 0 Å². The predicted molar refractivity (Wildman–Crippen MR) is 64.5 cm³/mol. The van der Waals surface area contributed by atoms with Gasteiger partial charge in [0.2, 0.25) is 0 Å². The van der Waals surface area contributed by atoms with Crippen molar-refractivity contribution in [3.63, 3.8) is 0 Å². The highest BCUT2D eigenvalue weighted by atomic mass is 16.3. The molecule has 0 saturated heterocycles. The van der Waals surface area contributed by atoms with E-state index >= 15 is 0 Å². The second-order valence-corrected chi connectivity index (χ2v) is 4.99. The Morgan fingerprint density at radius 3 is 2.38 bits per heavy atom. The zero-order valence-corrected chi connectivity index (χ0v) is 9.65. The van der Waals surface area contributed by atoms with Gasteiger partial charge in [-0.1, -0.05) is 37.8 Å². The van der Waals surface area contributed by atoms with Crippen molar-refractivity contribution in [2.45, 2.75) is 50.5 Å². The van der Waals surface area contributed by atoms with E-state index in [1.54, 1.807) is 12.1 Å². The Bertz CT molecular complexity index is 338. The maximum absolute atomic E-state index is 10.5. The highest BCUT2D eigenvalue weighted by Gasteiger charge is 2.28. The summed E-state index contributed by atoms with van der Waals surface area (Å²) in [6.45, 7) is 0. The molecule has 2 heteroatoms. The summed E-state index contributed by atoms with van der Waals surface area (Å²) >= 11 is 0. The molecule has 0 aliphatic heterocycles. The van der Waals surface area contributed by atoms with E-state index in [-0.39, 0.29) is 5.75 Å². The van der Waals surface area contributed by atoms with Crippen molar-refractivity contribution in [3.8, 4) is 5.75 Å². The van der Waals surface area contributed by atoms with Crippen molar-refractivity contribution in [2.24, 2.45) is 0 Å². The third-order valence-electron chi connectivity index (χ3n) is 3.48. The first-order valence-corrected chi connectivity index (χ1v) is 6.18. The van der Waals surface area contributed by atoms with Crippen LogP contribution in [0.3, 0.4) is 0 Å². The van der Waals surface area contributed by atoms with Crippen LogP contribution in [0, 0.1) is 0 Å². The minimum absolute atomic E-state index is 0.287. The molecule has 1 aromatic rings. The van der Waals surface area contributed by atoms with Crippen LogP contribution in [0.2, 0.25) is 0 Å². The fourth-order valence-corrected chi connectivity index (χ4v) is 2.61. The summed E-state index contributed by atoms with van der Waals surface area (Å²) < 4.78 is 0. The molecular weight excluding hydrogens is 200 g/mol. The van der Waals surface area contributed by atoms with Crippen LogP contribution in [0.25, 0.3) is 0 Å². The van der Waals surface area contributed by atoms with E-state index in [4.69, 9.17) is 0 Å². The number of aliphatic hydroxyl groups is 1. The van der Waals surface area contributed by atoms with Crippen LogP contribution in [-0.4, -0.2) is 15.8 Å². The smallest absolute Gasteiger partial charge is 0.115 e. The molecule has 0 radical (unpaired) electrons. The first kappa shape index (κ1) is 11.5. The van der Waals surface area contributed by atoms with Crippen molar-refractivity contribution >= 4 is 0 Å². The van der Waals surface area contributed by atoms with Gasteiger partial charge in [-0.2, -0.15) is 0 Å². The van der Waals surface area contributed by atoms with E-state index in [1.165, 1.54) is 12.8 Å².